The summed E-state index contributed by atoms with van der Waals surface area (Å²) in [6, 6.07) is 18.3. The molecule has 1 aliphatic rings. The number of anilines is 3. The number of carbonyl (C=O) groups excluding carboxylic acids is 1. The van der Waals surface area contributed by atoms with Crippen LogP contribution in [0.3, 0.4) is 0 Å². The van der Waals surface area contributed by atoms with Crippen molar-refractivity contribution in [2.24, 2.45) is 0 Å². The van der Waals surface area contributed by atoms with E-state index in [1.54, 1.807) is 24.3 Å². The maximum absolute atomic E-state index is 13.0. The molecule has 3 N–H and O–H groups in total. The predicted molar refractivity (Wildman–Crippen MR) is 158 cm³/mol. The molecule has 0 aliphatic carbocycles. The van der Waals surface area contributed by atoms with E-state index in [1.807, 2.05) is 19.1 Å². The van der Waals surface area contributed by atoms with E-state index in [9.17, 15) is 18.0 Å². The van der Waals surface area contributed by atoms with Gasteiger partial charge >= 0.3 is 6.36 Å². The molecule has 1 amide bonds. The number of piperazine rings is 1. The minimum Gasteiger partial charge on any atom is -0.493 e. The first kappa shape index (κ1) is 29.8. The third-order valence-electron chi connectivity index (χ3n) is 6.91. The molecule has 1 saturated heterocycles. The first-order valence-corrected chi connectivity index (χ1v) is 13.6. The summed E-state index contributed by atoms with van der Waals surface area (Å²) in [5.41, 5.74) is 4.90. The first-order chi connectivity index (χ1) is 20.7. The van der Waals surface area contributed by atoms with E-state index in [1.165, 1.54) is 37.6 Å². The average molecular weight is 593 g/mol. The first-order valence-electron chi connectivity index (χ1n) is 13.6. The van der Waals surface area contributed by atoms with Crippen LogP contribution >= 0.6 is 0 Å². The van der Waals surface area contributed by atoms with Crippen LogP contribution in [0.4, 0.5) is 30.5 Å². The molecular weight excluding hydrogens is 561 g/mol. The molecule has 1 aromatic heterocycles. The van der Waals surface area contributed by atoms with Crippen LogP contribution in [0.2, 0.25) is 0 Å². The van der Waals surface area contributed by atoms with Gasteiger partial charge in [-0.05, 0) is 72.6 Å². The van der Waals surface area contributed by atoms with Crippen LogP contribution in [-0.4, -0.2) is 60.4 Å². The van der Waals surface area contributed by atoms with Gasteiger partial charge in [0.25, 0.3) is 5.91 Å². The Balaban J connectivity index is 1.25. The van der Waals surface area contributed by atoms with Crippen LogP contribution in [0.1, 0.15) is 21.5 Å². The number of hydrogen-bond donors (Lipinski definition) is 3. The fourth-order valence-electron chi connectivity index (χ4n) is 4.66. The molecule has 0 atom stereocenters. The molecule has 9 nitrogen and oxygen atoms in total. The number of hydrogen-bond acceptors (Lipinski definition) is 8. The molecular formula is C31H31F3N6O3. The number of aromatic nitrogens is 2. The number of ether oxygens (including phenoxy) is 2. The van der Waals surface area contributed by atoms with Crippen molar-refractivity contribution in [3.05, 3.63) is 89.6 Å². The van der Waals surface area contributed by atoms with Crippen LogP contribution in [0.15, 0.2) is 72.9 Å². The lowest BCUT2D eigenvalue weighted by Gasteiger charge is -2.27. The van der Waals surface area contributed by atoms with Crippen molar-refractivity contribution < 1.29 is 27.4 Å². The van der Waals surface area contributed by atoms with Gasteiger partial charge in [-0.3, -0.25) is 9.69 Å². The topological polar surface area (TPSA) is 101 Å². The summed E-state index contributed by atoms with van der Waals surface area (Å²) in [6.45, 7) is 6.73. The Morgan fingerprint density at radius 1 is 1.02 bits per heavy atom. The highest BCUT2D eigenvalue weighted by molar-refractivity contribution is 6.04. The molecule has 224 valence electrons. The fourth-order valence-corrected chi connectivity index (χ4v) is 4.66. The number of halogens is 3. The van der Waals surface area contributed by atoms with Crippen LogP contribution in [0, 0.1) is 6.92 Å². The van der Waals surface area contributed by atoms with Crippen molar-refractivity contribution in [3.63, 3.8) is 0 Å². The smallest absolute Gasteiger partial charge is 0.493 e. The Bertz CT molecular complexity index is 1560. The number of aryl methyl sites for hydroxylation is 1. The second kappa shape index (κ2) is 13.1. The van der Waals surface area contributed by atoms with Crippen molar-refractivity contribution >= 4 is 23.2 Å². The third-order valence-corrected chi connectivity index (χ3v) is 6.91. The molecule has 43 heavy (non-hydrogen) atoms. The summed E-state index contributed by atoms with van der Waals surface area (Å²) < 4.78 is 46.8. The molecule has 4 aromatic rings. The molecule has 3 aromatic carbocycles. The molecule has 0 saturated carbocycles. The molecule has 0 spiro atoms. The van der Waals surface area contributed by atoms with Gasteiger partial charge in [0.15, 0.2) is 5.75 Å². The lowest BCUT2D eigenvalue weighted by atomic mass is 10.1. The van der Waals surface area contributed by atoms with Crippen LogP contribution in [-0.2, 0) is 6.54 Å². The molecule has 0 radical (unpaired) electrons. The summed E-state index contributed by atoms with van der Waals surface area (Å²) >= 11 is 0. The molecule has 1 aliphatic heterocycles. The van der Waals surface area contributed by atoms with E-state index in [2.05, 4.69) is 41.6 Å². The van der Waals surface area contributed by atoms with E-state index in [0.717, 1.165) is 49.5 Å². The Kier molecular flexibility index (Phi) is 9.07. The monoisotopic (exact) mass is 592 g/mol. The maximum atomic E-state index is 13.0. The number of alkyl halides is 3. The van der Waals surface area contributed by atoms with Gasteiger partial charge in [0.1, 0.15) is 11.4 Å². The van der Waals surface area contributed by atoms with E-state index in [4.69, 9.17) is 4.74 Å². The van der Waals surface area contributed by atoms with Crippen molar-refractivity contribution in [3.8, 4) is 22.8 Å². The van der Waals surface area contributed by atoms with Crippen molar-refractivity contribution in [2.45, 2.75) is 19.8 Å². The zero-order valence-electron chi connectivity index (χ0n) is 23.7. The Hall–Kier alpha value is -4.68. The maximum Gasteiger partial charge on any atom is 0.573 e. The molecule has 5 rings (SSSR count). The average Bonchev–Trinajstić information content (AvgIpc) is 2.99. The fraction of sp³-hybridized carbons (Fsp3) is 0.258. The van der Waals surface area contributed by atoms with Crippen molar-refractivity contribution in [1.82, 2.24) is 20.2 Å². The zero-order valence-corrected chi connectivity index (χ0v) is 23.7. The van der Waals surface area contributed by atoms with Gasteiger partial charge in [-0.2, -0.15) is 0 Å². The van der Waals surface area contributed by atoms with Gasteiger partial charge in [0.2, 0.25) is 5.95 Å². The van der Waals surface area contributed by atoms with Gasteiger partial charge in [-0.25, -0.2) is 9.97 Å². The van der Waals surface area contributed by atoms with Crippen LogP contribution in [0.25, 0.3) is 11.3 Å². The minimum absolute atomic E-state index is 0.227. The van der Waals surface area contributed by atoms with Gasteiger partial charge < -0.3 is 25.4 Å². The summed E-state index contributed by atoms with van der Waals surface area (Å²) in [6.07, 6.45) is -3.32. The standard InChI is InChI=1S/C31H31F3N6O3/c1-20-3-4-21(19-40-15-13-35-14-16-40)17-26(20)38-29(41)23-5-9-24(10-6-23)37-30-36-18-27(42-2)28(39-30)22-7-11-25(12-8-22)43-31(32,33)34/h3-12,17-18,35H,13-16,19H2,1-2H3,(H,38,41)(H,36,37,39). The normalized spacial score (nSPS) is 13.8. The summed E-state index contributed by atoms with van der Waals surface area (Å²) in [5, 5.41) is 9.47. The zero-order chi connectivity index (χ0) is 30.4. The second-order valence-electron chi connectivity index (χ2n) is 10.0. The lowest BCUT2D eigenvalue weighted by Crippen LogP contribution is -2.42. The second-order valence-corrected chi connectivity index (χ2v) is 10.0. The number of carbonyl (C=O) groups is 1. The van der Waals surface area contributed by atoms with E-state index in [-0.39, 0.29) is 17.6 Å². The number of amides is 1. The number of methoxy groups -OCH3 is 1. The minimum atomic E-state index is -4.78. The third kappa shape index (κ3) is 7.99. The quantitative estimate of drug-likeness (QED) is 0.226. The summed E-state index contributed by atoms with van der Waals surface area (Å²) in [4.78, 5) is 24.2. The number of rotatable bonds is 9. The SMILES string of the molecule is COc1cnc(Nc2ccc(C(=O)Nc3cc(CN4CCNCC4)ccc3C)cc2)nc1-c1ccc(OC(F)(F)F)cc1. The van der Waals surface area contributed by atoms with Crippen LogP contribution in [0.5, 0.6) is 11.5 Å². The van der Waals surface area contributed by atoms with E-state index < -0.39 is 6.36 Å². The van der Waals surface area contributed by atoms with Crippen molar-refractivity contribution in [2.75, 3.05) is 43.9 Å². The number of nitrogens with zero attached hydrogens (tertiary/aromatic N) is 3. The van der Waals surface area contributed by atoms with E-state index in [0.29, 0.717) is 28.3 Å². The van der Waals surface area contributed by atoms with Crippen LogP contribution < -0.4 is 25.4 Å². The molecule has 0 bridgehead atoms. The predicted octanol–water partition coefficient (Wildman–Crippen LogP) is 5.76. The lowest BCUT2D eigenvalue weighted by molar-refractivity contribution is -0.274. The molecule has 0 unspecified atom stereocenters. The van der Waals surface area contributed by atoms with E-state index >= 15 is 0 Å². The van der Waals surface area contributed by atoms with Gasteiger partial charge in [0.05, 0.1) is 13.3 Å². The van der Waals surface area contributed by atoms with Crippen molar-refractivity contribution in [1.29, 1.82) is 0 Å². The largest absolute Gasteiger partial charge is 0.573 e. The number of benzene rings is 3. The Morgan fingerprint density at radius 2 is 1.74 bits per heavy atom. The van der Waals surface area contributed by atoms with Gasteiger partial charge in [-0.15, -0.1) is 13.2 Å². The Morgan fingerprint density at radius 3 is 2.42 bits per heavy atom. The summed E-state index contributed by atoms with van der Waals surface area (Å²) in [5.74, 6) is 0.00893. The Labute approximate surface area is 247 Å². The molecule has 12 heteroatoms. The van der Waals surface area contributed by atoms with Gasteiger partial charge in [0, 0.05) is 55.2 Å². The highest BCUT2D eigenvalue weighted by atomic mass is 19.4. The number of nitrogens with one attached hydrogen (secondary N) is 3. The highest BCUT2D eigenvalue weighted by Crippen LogP contribution is 2.31. The molecule has 2 heterocycles. The summed E-state index contributed by atoms with van der Waals surface area (Å²) in [7, 11) is 1.45. The van der Waals surface area contributed by atoms with Gasteiger partial charge in [-0.1, -0.05) is 12.1 Å². The highest BCUT2D eigenvalue weighted by Gasteiger charge is 2.31. The molecule has 1 fully saturated rings.